The van der Waals surface area contributed by atoms with E-state index in [4.69, 9.17) is 9.57 Å². The van der Waals surface area contributed by atoms with E-state index in [-0.39, 0.29) is 5.91 Å². The van der Waals surface area contributed by atoms with E-state index in [2.05, 4.69) is 13.8 Å². The molecule has 4 heteroatoms. The van der Waals surface area contributed by atoms with Crippen LogP contribution in [-0.2, 0) is 9.57 Å². The largest absolute Gasteiger partial charge is 0.352 e. The van der Waals surface area contributed by atoms with Gasteiger partial charge in [0, 0.05) is 17.7 Å². The van der Waals surface area contributed by atoms with Crippen molar-refractivity contribution in [3.8, 4) is 0 Å². The number of benzene rings is 1. The number of fused-ring (bicyclic) bond motifs is 1. The lowest BCUT2D eigenvalue weighted by atomic mass is 10.1. The summed E-state index contributed by atoms with van der Waals surface area (Å²) in [4.78, 5) is 18.2. The minimum atomic E-state index is -0.401. The SMILES string of the molecule is CCCCCCON1C(=O)c2ccccc2C1OCCCC. The first-order valence-corrected chi connectivity index (χ1v) is 8.46. The van der Waals surface area contributed by atoms with Crippen molar-refractivity contribution in [2.24, 2.45) is 0 Å². The van der Waals surface area contributed by atoms with Gasteiger partial charge in [-0.25, -0.2) is 0 Å². The molecule has 0 aromatic heterocycles. The van der Waals surface area contributed by atoms with E-state index in [1.54, 1.807) is 0 Å². The molecule has 2 rings (SSSR count). The van der Waals surface area contributed by atoms with Crippen LogP contribution in [0, 0.1) is 0 Å². The highest BCUT2D eigenvalue weighted by molar-refractivity contribution is 5.98. The number of carbonyl (C=O) groups excluding carboxylic acids is 1. The molecular formula is C18H27NO3. The van der Waals surface area contributed by atoms with Gasteiger partial charge in [0.15, 0.2) is 6.23 Å². The lowest BCUT2D eigenvalue weighted by Gasteiger charge is -2.24. The molecule has 0 radical (unpaired) electrons. The summed E-state index contributed by atoms with van der Waals surface area (Å²) in [5, 5.41) is 1.42. The molecule has 122 valence electrons. The van der Waals surface area contributed by atoms with Crippen molar-refractivity contribution in [1.29, 1.82) is 0 Å². The Bertz CT molecular complexity index is 475. The maximum atomic E-state index is 12.5. The van der Waals surface area contributed by atoms with Crippen molar-refractivity contribution in [3.63, 3.8) is 0 Å². The van der Waals surface area contributed by atoms with Crippen LogP contribution in [-0.4, -0.2) is 24.2 Å². The molecule has 0 saturated carbocycles. The number of nitrogens with zero attached hydrogens (tertiary/aromatic N) is 1. The number of carbonyl (C=O) groups is 1. The summed E-state index contributed by atoms with van der Waals surface area (Å²) in [7, 11) is 0. The van der Waals surface area contributed by atoms with Gasteiger partial charge in [-0.2, -0.15) is 5.06 Å². The predicted octanol–water partition coefficient (Wildman–Crippen LogP) is 4.47. The lowest BCUT2D eigenvalue weighted by Crippen LogP contribution is -2.30. The second-order valence-corrected chi connectivity index (χ2v) is 5.69. The normalized spacial score (nSPS) is 17.1. The maximum Gasteiger partial charge on any atom is 0.280 e. The Morgan fingerprint density at radius 1 is 1.00 bits per heavy atom. The molecule has 0 saturated heterocycles. The Morgan fingerprint density at radius 2 is 1.77 bits per heavy atom. The first-order valence-electron chi connectivity index (χ1n) is 8.46. The summed E-state index contributed by atoms with van der Waals surface area (Å²) in [5.74, 6) is -0.0902. The van der Waals surface area contributed by atoms with E-state index in [1.807, 2.05) is 24.3 Å². The number of rotatable bonds is 10. The second kappa shape index (κ2) is 8.91. The van der Waals surface area contributed by atoms with Crippen LogP contribution in [0.2, 0.25) is 0 Å². The van der Waals surface area contributed by atoms with Crippen molar-refractivity contribution in [3.05, 3.63) is 35.4 Å². The molecule has 1 aromatic rings. The summed E-state index contributed by atoms with van der Waals surface area (Å²) >= 11 is 0. The molecule has 0 spiro atoms. The van der Waals surface area contributed by atoms with Gasteiger partial charge in [-0.1, -0.05) is 57.7 Å². The van der Waals surface area contributed by atoms with Gasteiger partial charge in [-0.05, 0) is 18.9 Å². The number of hydrogen-bond donors (Lipinski definition) is 0. The molecule has 0 bridgehead atoms. The summed E-state index contributed by atoms with van der Waals surface area (Å²) < 4.78 is 5.91. The molecule has 4 nitrogen and oxygen atoms in total. The third-order valence-electron chi connectivity index (χ3n) is 3.87. The van der Waals surface area contributed by atoms with Crippen LogP contribution in [0.4, 0.5) is 0 Å². The minimum Gasteiger partial charge on any atom is -0.352 e. The van der Waals surface area contributed by atoms with Gasteiger partial charge in [0.1, 0.15) is 0 Å². The summed E-state index contributed by atoms with van der Waals surface area (Å²) in [6, 6.07) is 7.61. The van der Waals surface area contributed by atoms with Crippen molar-refractivity contribution in [1.82, 2.24) is 5.06 Å². The van der Waals surface area contributed by atoms with Crippen LogP contribution in [0.5, 0.6) is 0 Å². The van der Waals surface area contributed by atoms with Gasteiger partial charge in [-0.15, -0.1) is 0 Å². The first kappa shape index (κ1) is 17.0. The molecule has 22 heavy (non-hydrogen) atoms. The third-order valence-corrected chi connectivity index (χ3v) is 3.87. The number of ether oxygens (including phenoxy) is 1. The van der Waals surface area contributed by atoms with Crippen LogP contribution >= 0.6 is 0 Å². The van der Waals surface area contributed by atoms with Crippen molar-refractivity contribution in [2.75, 3.05) is 13.2 Å². The van der Waals surface area contributed by atoms with Crippen molar-refractivity contribution < 1.29 is 14.4 Å². The number of hydrogen-bond acceptors (Lipinski definition) is 3. The van der Waals surface area contributed by atoms with Gasteiger partial charge >= 0.3 is 0 Å². The number of unbranched alkanes of at least 4 members (excludes halogenated alkanes) is 4. The fraction of sp³-hybridized carbons (Fsp3) is 0.611. The molecule has 1 aromatic carbocycles. The molecule has 0 N–H and O–H groups in total. The summed E-state index contributed by atoms with van der Waals surface area (Å²) in [6.07, 6.45) is 6.14. The molecule has 0 fully saturated rings. The van der Waals surface area contributed by atoms with E-state index < -0.39 is 6.23 Å². The first-order chi connectivity index (χ1) is 10.8. The zero-order valence-electron chi connectivity index (χ0n) is 13.7. The van der Waals surface area contributed by atoms with Gasteiger partial charge in [0.25, 0.3) is 5.91 Å². The smallest absolute Gasteiger partial charge is 0.280 e. The predicted molar refractivity (Wildman–Crippen MR) is 86.3 cm³/mol. The molecule has 1 aliphatic heterocycles. The maximum absolute atomic E-state index is 12.5. The van der Waals surface area contributed by atoms with Crippen LogP contribution in [0.3, 0.4) is 0 Å². The molecule has 1 unspecified atom stereocenters. The highest BCUT2D eigenvalue weighted by atomic mass is 16.7. The van der Waals surface area contributed by atoms with Crippen LogP contribution in [0.15, 0.2) is 24.3 Å². The average Bonchev–Trinajstić information content (AvgIpc) is 2.81. The summed E-state index contributed by atoms with van der Waals surface area (Å²) in [5.41, 5.74) is 1.61. The molecule has 1 aliphatic rings. The van der Waals surface area contributed by atoms with Gasteiger partial charge < -0.3 is 4.74 Å². The zero-order valence-corrected chi connectivity index (χ0v) is 13.7. The third kappa shape index (κ3) is 4.08. The van der Waals surface area contributed by atoms with E-state index >= 15 is 0 Å². The Kier molecular flexibility index (Phi) is 6.87. The Labute approximate surface area is 133 Å². The Balaban J connectivity index is 1.98. The highest BCUT2D eigenvalue weighted by Crippen LogP contribution is 2.34. The van der Waals surface area contributed by atoms with E-state index in [1.165, 1.54) is 17.9 Å². The van der Waals surface area contributed by atoms with Crippen LogP contribution < -0.4 is 0 Å². The molecule has 1 heterocycles. The van der Waals surface area contributed by atoms with E-state index in [0.717, 1.165) is 31.2 Å². The molecule has 1 amide bonds. The van der Waals surface area contributed by atoms with Gasteiger partial charge in [-0.3, -0.25) is 9.63 Å². The van der Waals surface area contributed by atoms with E-state index in [9.17, 15) is 4.79 Å². The topological polar surface area (TPSA) is 38.8 Å². The number of amides is 1. The minimum absolute atomic E-state index is 0.0902. The standard InChI is InChI=1S/C18H27NO3/c1-3-5-7-10-14-22-19-17(20)15-11-8-9-12-16(15)18(19)21-13-6-4-2/h8-9,11-12,18H,3-7,10,13-14H2,1-2H3. The fourth-order valence-corrected chi connectivity index (χ4v) is 2.57. The number of hydroxylamine groups is 2. The second-order valence-electron chi connectivity index (χ2n) is 5.69. The van der Waals surface area contributed by atoms with Crippen LogP contribution in [0.1, 0.15) is 74.5 Å². The monoisotopic (exact) mass is 305 g/mol. The molecule has 1 atom stereocenters. The zero-order chi connectivity index (χ0) is 15.8. The van der Waals surface area contributed by atoms with Gasteiger partial charge in [0.05, 0.1) is 6.61 Å². The molecular weight excluding hydrogens is 278 g/mol. The molecule has 0 aliphatic carbocycles. The van der Waals surface area contributed by atoms with Crippen LogP contribution in [0.25, 0.3) is 0 Å². The quantitative estimate of drug-likeness (QED) is 0.599. The van der Waals surface area contributed by atoms with Crippen molar-refractivity contribution >= 4 is 5.91 Å². The highest BCUT2D eigenvalue weighted by Gasteiger charge is 2.38. The van der Waals surface area contributed by atoms with Crippen molar-refractivity contribution in [2.45, 2.75) is 58.6 Å². The lowest BCUT2D eigenvalue weighted by molar-refractivity contribution is -0.216. The Hall–Kier alpha value is -1.39. The summed E-state index contributed by atoms with van der Waals surface area (Å²) in [6.45, 7) is 5.50. The fourth-order valence-electron chi connectivity index (χ4n) is 2.57. The Morgan fingerprint density at radius 3 is 2.55 bits per heavy atom. The van der Waals surface area contributed by atoms with E-state index in [0.29, 0.717) is 18.8 Å². The average molecular weight is 305 g/mol. The van der Waals surface area contributed by atoms with Gasteiger partial charge in [0.2, 0.25) is 0 Å².